The SMILES string of the molecule is Cc1c(CNC(=O)/C=C/c2ccc3c(c2)OCO3)sc2nc(-c3ccc(F)cc3)cn12. The number of amides is 1. The predicted octanol–water partition coefficient (Wildman–Crippen LogP) is 4.57. The molecular formula is C23H18FN3O3S. The van der Waals surface area contributed by atoms with E-state index in [-0.39, 0.29) is 18.5 Å². The number of carbonyl (C=O) groups excluding carboxylic acids is 1. The fourth-order valence-electron chi connectivity index (χ4n) is 3.33. The van der Waals surface area contributed by atoms with Gasteiger partial charge in [-0.1, -0.05) is 17.4 Å². The van der Waals surface area contributed by atoms with Gasteiger partial charge in [-0.2, -0.15) is 0 Å². The highest BCUT2D eigenvalue weighted by Gasteiger charge is 2.14. The largest absolute Gasteiger partial charge is 0.454 e. The minimum Gasteiger partial charge on any atom is -0.454 e. The minimum atomic E-state index is -0.272. The number of nitrogens with one attached hydrogen (secondary N) is 1. The molecule has 8 heteroatoms. The van der Waals surface area contributed by atoms with E-state index in [1.165, 1.54) is 29.5 Å². The first-order chi connectivity index (χ1) is 15.1. The van der Waals surface area contributed by atoms with E-state index in [1.54, 1.807) is 18.2 Å². The number of halogens is 1. The fraction of sp³-hybridized carbons (Fsp3) is 0.130. The molecule has 0 radical (unpaired) electrons. The first-order valence-corrected chi connectivity index (χ1v) is 10.5. The Morgan fingerprint density at radius 3 is 2.84 bits per heavy atom. The van der Waals surface area contributed by atoms with Gasteiger partial charge >= 0.3 is 0 Å². The summed E-state index contributed by atoms with van der Waals surface area (Å²) in [4.78, 5) is 18.7. The van der Waals surface area contributed by atoms with Crippen molar-refractivity contribution in [2.75, 3.05) is 6.79 Å². The number of nitrogens with zero attached hydrogens (tertiary/aromatic N) is 2. The maximum Gasteiger partial charge on any atom is 0.244 e. The maximum absolute atomic E-state index is 13.1. The van der Waals surface area contributed by atoms with Gasteiger partial charge in [-0.15, -0.1) is 0 Å². The molecule has 0 atom stereocenters. The Labute approximate surface area is 181 Å². The highest BCUT2D eigenvalue weighted by molar-refractivity contribution is 7.17. The van der Waals surface area contributed by atoms with Gasteiger partial charge in [0.15, 0.2) is 16.5 Å². The van der Waals surface area contributed by atoms with Crippen LogP contribution in [0.5, 0.6) is 11.5 Å². The highest BCUT2D eigenvalue weighted by atomic mass is 32.1. The molecule has 1 N–H and O–H groups in total. The van der Waals surface area contributed by atoms with Crippen molar-refractivity contribution in [1.82, 2.24) is 14.7 Å². The van der Waals surface area contributed by atoms with Gasteiger partial charge in [-0.25, -0.2) is 9.37 Å². The molecule has 1 aliphatic heterocycles. The van der Waals surface area contributed by atoms with E-state index in [2.05, 4.69) is 10.3 Å². The van der Waals surface area contributed by atoms with Crippen LogP contribution in [0.1, 0.15) is 16.1 Å². The zero-order valence-electron chi connectivity index (χ0n) is 16.6. The van der Waals surface area contributed by atoms with Crippen molar-refractivity contribution in [3.05, 3.63) is 76.7 Å². The van der Waals surface area contributed by atoms with Crippen LogP contribution in [0, 0.1) is 12.7 Å². The lowest BCUT2D eigenvalue weighted by atomic mass is 10.2. The minimum absolute atomic E-state index is 0.185. The second kappa shape index (κ2) is 7.88. The van der Waals surface area contributed by atoms with Crippen molar-refractivity contribution in [1.29, 1.82) is 0 Å². The fourth-order valence-corrected chi connectivity index (χ4v) is 4.38. The number of fused-ring (bicyclic) bond motifs is 2. The number of imidazole rings is 1. The number of rotatable bonds is 5. The van der Waals surface area contributed by atoms with E-state index in [0.717, 1.165) is 32.4 Å². The third-order valence-corrected chi connectivity index (χ3v) is 6.20. The summed E-state index contributed by atoms with van der Waals surface area (Å²) < 4.78 is 25.8. The number of hydrogen-bond donors (Lipinski definition) is 1. The maximum atomic E-state index is 13.1. The van der Waals surface area contributed by atoms with Gasteiger partial charge in [0.05, 0.1) is 12.2 Å². The van der Waals surface area contributed by atoms with Crippen molar-refractivity contribution in [3.8, 4) is 22.8 Å². The summed E-state index contributed by atoms with van der Waals surface area (Å²) in [6, 6.07) is 11.8. The Bertz CT molecular complexity index is 1310. The lowest BCUT2D eigenvalue weighted by Crippen LogP contribution is -2.20. The van der Waals surface area contributed by atoms with Crippen LogP contribution in [0.3, 0.4) is 0 Å². The summed E-state index contributed by atoms with van der Waals surface area (Å²) in [5.74, 6) is 0.934. The molecule has 6 nitrogen and oxygen atoms in total. The second-order valence-electron chi connectivity index (χ2n) is 7.06. The molecule has 0 aliphatic carbocycles. The number of aromatic nitrogens is 2. The van der Waals surface area contributed by atoms with Gasteiger partial charge in [0, 0.05) is 28.4 Å². The quantitative estimate of drug-likeness (QED) is 0.467. The van der Waals surface area contributed by atoms with Crippen LogP contribution in [0.2, 0.25) is 0 Å². The third kappa shape index (κ3) is 3.89. The molecule has 1 amide bonds. The summed E-state index contributed by atoms with van der Waals surface area (Å²) in [7, 11) is 0. The van der Waals surface area contributed by atoms with Crippen LogP contribution >= 0.6 is 11.3 Å². The number of thiazole rings is 1. The monoisotopic (exact) mass is 435 g/mol. The molecule has 0 unspecified atom stereocenters. The Kier molecular flexibility index (Phi) is 4.91. The van der Waals surface area contributed by atoms with Crippen molar-refractivity contribution < 1.29 is 18.7 Å². The molecule has 156 valence electrons. The van der Waals surface area contributed by atoms with Gasteiger partial charge in [0.1, 0.15) is 5.82 Å². The molecule has 5 rings (SSSR count). The number of carbonyl (C=O) groups is 1. The Morgan fingerprint density at radius 1 is 1.23 bits per heavy atom. The highest BCUT2D eigenvalue weighted by Crippen LogP contribution is 2.32. The van der Waals surface area contributed by atoms with Crippen molar-refractivity contribution >= 4 is 28.3 Å². The van der Waals surface area contributed by atoms with Gasteiger partial charge in [0.2, 0.25) is 12.7 Å². The topological polar surface area (TPSA) is 64.9 Å². The van der Waals surface area contributed by atoms with Crippen LogP contribution in [-0.4, -0.2) is 22.1 Å². The summed E-state index contributed by atoms with van der Waals surface area (Å²) in [5.41, 5.74) is 3.52. The average molecular weight is 435 g/mol. The summed E-state index contributed by atoms with van der Waals surface area (Å²) >= 11 is 1.52. The first kappa shape index (κ1) is 19.3. The van der Waals surface area contributed by atoms with Crippen molar-refractivity contribution in [2.45, 2.75) is 13.5 Å². The van der Waals surface area contributed by atoms with Gasteiger partial charge < -0.3 is 14.8 Å². The molecule has 0 spiro atoms. The zero-order valence-corrected chi connectivity index (χ0v) is 17.4. The van der Waals surface area contributed by atoms with Crippen LogP contribution in [0.25, 0.3) is 22.3 Å². The standard InChI is InChI=1S/C23H18FN3O3S/c1-14-21(31-23-26-18(12-27(14)23)16-4-6-17(24)7-5-16)11-25-22(28)9-3-15-2-8-19-20(10-15)30-13-29-19/h2-10,12H,11,13H2,1H3,(H,25,28)/b9-3+. The molecule has 3 heterocycles. The van der Waals surface area contributed by atoms with Crippen LogP contribution in [-0.2, 0) is 11.3 Å². The lowest BCUT2D eigenvalue weighted by molar-refractivity contribution is -0.116. The van der Waals surface area contributed by atoms with E-state index in [9.17, 15) is 9.18 Å². The Balaban J connectivity index is 1.25. The molecule has 2 aromatic carbocycles. The summed E-state index contributed by atoms with van der Waals surface area (Å²) in [5, 5.41) is 2.91. The average Bonchev–Trinajstić information content (AvgIpc) is 3.47. The molecule has 2 aromatic heterocycles. The number of ether oxygens (including phenoxy) is 2. The molecule has 1 aliphatic rings. The summed E-state index contributed by atoms with van der Waals surface area (Å²) in [6.45, 7) is 2.62. The van der Waals surface area contributed by atoms with Crippen LogP contribution < -0.4 is 14.8 Å². The molecule has 4 aromatic rings. The van der Waals surface area contributed by atoms with Gasteiger partial charge in [0.25, 0.3) is 0 Å². The first-order valence-electron chi connectivity index (χ1n) is 9.66. The number of aryl methyl sites for hydroxylation is 1. The molecule has 0 bridgehead atoms. The van der Waals surface area contributed by atoms with Crippen LogP contribution in [0.15, 0.2) is 54.7 Å². The predicted molar refractivity (Wildman–Crippen MR) is 117 cm³/mol. The third-order valence-electron chi connectivity index (χ3n) is 5.04. The van der Waals surface area contributed by atoms with Gasteiger partial charge in [-0.3, -0.25) is 9.20 Å². The molecule has 0 fully saturated rings. The van der Waals surface area contributed by atoms with E-state index < -0.39 is 0 Å². The second-order valence-corrected chi connectivity index (χ2v) is 8.12. The van der Waals surface area contributed by atoms with Crippen molar-refractivity contribution in [2.24, 2.45) is 0 Å². The zero-order chi connectivity index (χ0) is 21.4. The number of benzene rings is 2. The Morgan fingerprint density at radius 2 is 2.03 bits per heavy atom. The van der Waals surface area contributed by atoms with E-state index in [4.69, 9.17) is 9.47 Å². The van der Waals surface area contributed by atoms with Crippen molar-refractivity contribution in [3.63, 3.8) is 0 Å². The molecule has 0 saturated heterocycles. The Hall–Kier alpha value is -3.65. The normalized spacial score (nSPS) is 12.7. The van der Waals surface area contributed by atoms with E-state index in [0.29, 0.717) is 18.0 Å². The lowest BCUT2D eigenvalue weighted by Gasteiger charge is -2.02. The molecular weight excluding hydrogens is 417 g/mol. The number of hydrogen-bond acceptors (Lipinski definition) is 5. The smallest absolute Gasteiger partial charge is 0.244 e. The summed E-state index contributed by atoms with van der Waals surface area (Å²) in [6.07, 6.45) is 5.16. The van der Waals surface area contributed by atoms with E-state index >= 15 is 0 Å². The molecule has 0 saturated carbocycles. The van der Waals surface area contributed by atoms with Crippen LogP contribution in [0.4, 0.5) is 4.39 Å². The van der Waals surface area contributed by atoms with Gasteiger partial charge in [-0.05, 0) is 55.0 Å². The molecule has 31 heavy (non-hydrogen) atoms. The van der Waals surface area contributed by atoms with E-state index in [1.807, 2.05) is 35.7 Å².